The molecule has 2 rings (SSSR count). The molecule has 110 valence electrons. The molecule has 0 heterocycles. The average molecular weight is 305 g/mol. The summed E-state index contributed by atoms with van der Waals surface area (Å²) in [7, 11) is 0. The number of rotatable bonds is 7. The van der Waals surface area contributed by atoms with Gasteiger partial charge in [-0.2, -0.15) is 0 Å². The molecule has 0 radical (unpaired) electrons. The van der Waals surface area contributed by atoms with Gasteiger partial charge in [0.1, 0.15) is 0 Å². The molecule has 0 aliphatic heterocycles. The quantitative estimate of drug-likeness (QED) is 0.831. The van der Waals surface area contributed by atoms with Crippen LogP contribution in [0.3, 0.4) is 0 Å². The first-order chi connectivity index (χ1) is 8.35. The summed E-state index contributed by atoms with van der Waals surface area (Å²) < 4.78 is 0. The van der Waals surface area contributed by atoms with E-state index in [0.29, 0.717) is 6.04 Å². The summed E-state index contributed by atoms with van der Waals surface area (Å²) in [4.78, 5) is 2.47. The van der Waals surface area contributed by atoms with Crippen molar-refractivity contribution >= 4 is 24.8 Å². The Balaban J connectivity index is 0.00000162. The number of halogens is 2. The molecule has 1 aliphatic carbocycles. The van der Waals surface area contributed by atoms with Crippen molar-refractivity contribution in [1.29, 1.82) is 0 Å². The van der Waals surface area contributed by atoms with Gasteiger partial charge in [0.25, 0.3) is 0 Å². The number of likely N-dealkylation sites (N-methyl/N-ethyl adjacent to an activating group) is 1. The van der Waals surface area contributed by atoms with E-state index in [0.717, 1.165) is 25.6 Å². The Kier molecular flexibility index (Phi) is 9.46. The molecule has 1 N–H and O–H groups in total. The lowest BCUT2D eigenvalue weighted by molar-refractivity contribution is 0.302. The normalized spacial score (nSPS) is 20.6. The van der Waals surface area contributed by atoms with Gasteiger partial charge in [-0.15, -0.1) is 24.8 Å². The van der Waals surface area contributed by atoms with Crippen molar-refractivity contribution in [2.45, 2.75) is 32.2 Å². The third-order valence-corrected chi connectivity index (χ3v) is 3.75. The SMILES string of the molecule is CCN(CC)CCN[C@H]1CC1c1ccccc1.Cl.Cl. The van der Waals surface area contributed by atoms with Gasteiger partial charge in [0, 0.05) is 25.0 Å². The third kappa shape index (κ3) is 5.70. The first-order valence-corrected chi connectivity index (χ1v) is 6.85. The second kappa shape index (κ2) is 9.60. The summed E-state index contributed by atoms with van der Waals surface area (Å²) in [6, 6.07) is 11.6. The predicted octanol–water partition coefficient (Wildman–Crippen LogP) is 3.32. The van der Waals surface area contributed by atoms with Gasteiger partial charge in [-0.25, -0.2) is 0 Å². The highest BCUT2D eigenvalue weighted by molar-refractivity contribution is 5.85. The largest absolute Gasteiger partial charge is 0.312 e. The van der Waals surface area contributed by atoms with Crippen LogP contribution in [-0.4, -0.2) is 37.1 Å². The maximum atomic E-state index is 3.66. The minimum Gasteiger partial charge on any atom is -0.312 e. The third-order valence-electron chi connectivity index (χ3n) is 3.75. The number of nitrogens with one attached hydrogen (secondary N) is 1. The fourth-order valence-electron chi connectivity index (χ4n) is 2.44. The van der Waals surface area contributed by atoms with Crippen molar-refractivity contribution in [3.63, 3.8) is 0 Å². The van der Waals surface area contributed by atoms with E-state index in [2.05, 4.69) is 54.4 Å². The zero-order valence-corrected chi connectivity index (χ0v) is 13.5. The summed E-state index contributed by atoms with van der Waals surface area (Å²) in [5.74, 6) is 0.757. The minimum atomic E-state index is 0. The number of hydrogen-bond acceptors (Lipinski definition) is 2. The van der Waals surface area contributed by atoms with Gasteiger partial charge in [0.15, 0.2) is 0 Å². The fourth-order valence-corrected chi connectivity index (χ4v) is 2.44. The van der Waals surface area contributed by atoms with Crippen LogP contribution >= 0.6 is 24.8 Å². The molecule has 2 atom stereocenters. The van der Waals surface area contributed by atoms with Crippen LogP contribution in [0, 0.1) is 0 Å². The van der Waals surface area contributed by atoms with Gasteiger partial charge in [-0.05, 0) is 25.1 Å². The van der Waals surface area contributed by atoms with Crippen LogP contribution in [0.15, 0.2) is 30.3 Å². The van der Waals surface area contributed by atoms with Crippen molar-refractivity contribution in [2.24, 2.45) is 0 Å². The number of benzene rings is 1. The molecule has 0 aromatic heterocycles. The summed E-state index contributed by atoms with van der Waals surface area (Å²) in [5.41, 5.74) is 1.49. The average Bonchev–Trinajstić information content (AvgIpc) is 3.15. The van der Waals surface area contributed by atoms with Crippen LogP contribution in [0.2, 0.25) is 0 Å². The molecule has 0 amide bonds. The molecular weight excluding hydrogens is 279 g/mol. The smallest absolute Gasteiger partial charge is 0.0143 e. The summed E-state index contributed by atoms with van der Waals surface area (Å²) in [6.45, 7) is 9.07. The Morgan fingerprint density at radius 1 is 1.11 bits per heavy atom. The van der Waals surface area contributed by atoms with E-state index >= 15 is 0 Å². The summed E-state index contributed by atoms with van der Waals surface area (Å²) in [6.07, 6.45) is 1.31. The van der Waals surface area contributed by atoms with Crippen LogP contribution in [0.4, 0.5) is 0 Å². The van der Waals surface area contributed by atoms with E-state index < -0.39 is 0 Å². The highest BCUT2D eigenvalue weighted by Gasteiger charge is 2.37. The zero-order chi connectivity index (χ0) is 12.1. The van der Waals surface area contributed by atoms with Crippen molar-refractivity contribution in [3.8, 4) is 0 Å². The first-order valence-electron chi connectivity index (χ1n) is 6.85. The van der Waals surface area contributed by atoms with Gasteiger partial charge in [-0.3, -0.25) is 0 Å². The fraction of sp³-hybridized carbons (Fsp3) is 0.600. The maximum absolute atomic E-state index is 3.66. The van der Waals surface area contributed by atoms with Gasteiger partial charge in [-0.1, -0.05) is 44.2 Å². The maximum Gasteiger partial charge on any atom is 0.0143 e. The van der Waals surface area contributed by atoms with Crippen molar-refractivity contribution in [2.75, 3.05) is 26.2 Å². The van der Waals surface area contributed by atoms with Gasteiger partial charge in [0.05, 0.1) is 0 Å². The first kappa shape index (κ1) is 18.7. The number of nitrogens with zero attached hydrogens (tertiary/aromatic N) is 1. The molecule has 1 aromatic carbocycles. The lowest BCUT2D eigenvalue weighted by atomic mass is 10.1. The van der Waals surface area contributed by atoms with E-state index in [1.165, 1.54) is 18.5 Å². The Labute approximate surface area is 129 Å². The molecule has 1 fully saturated rings. The molecule has 0 bridgehead atoms. The molecule has 1 aromatic rings. The highest BCUT2D eigenvalue weighted by atomic mass is 35.5. The molecule has 1 aliphatic rings. The molecular formula is C15H26Cl2N2. The van der Waals surface area contributed by atoms with Crippen LogP contribution in [0.1, 0.15) is 31.7 Å². The van der Waals surface area contributed by atoms with Crippen LogP contribution in [-0.2, 0) is 0 Å². The second-order valence-electron chi connectivity index (χ2n) is 4.84. The van der Waals surface area contributed by atoms with Crippen LogP contribution < -0.4 is 5.32 Å². The lowest BCUT2D eigenvalue weighted by Crippen LogP contribution is -2.33. The summed E-state index contributed by atoms with van der Waals surface area (Å²) in [5, 5.41) is 3.66. The molecule has 0 saturated heterocycles. The van der Waals surface area contributed by atoms with Crippen molar-refractivity contribution in [1.82, 2.24) is 10.2 Å². The second-order valence-corrected chi connectivity index (χ2v) is 4.84. The number of hydrogen-bond donors (Lipinski definition) is 1. The zero-order valence-electron chi connectivity index (χ0n) is 11.8. The Hall–Kier alpha value is -0.280. The molecule has 2 nitrogen and oxygen atoms in total. The van der Waals surface area contributed by atoms with E-state index in [9.17, 15) is 0 Å². The van der Waals surface area contributed by atoms with Crippen molar-refractivity contribution in [3.05, 3.63) is 35.9 Å². The topological polar surface area (TPSA) is 15.3 Å². The van der Waals surface area contributed by atoms with Crippen LogP contribution in [0.5, 0.6) is 0 Å². The molecule has 19 heavy (non-hydrogen) atoms. The molecule has 1 unspecified atom stereocenters. The lowest BCUT2D eigenvalue weighted by Gasteiger charge is -2.18. The van der Waals surface area contributed by atoms with Gasteiger partial charge in [0.2, 0.25) is 0 Å². The predicted molar refractivity (Wildman–Crippen MR) is 87.9 cm³/mol. The molecule has 0 spiro atoms. The van der Waals surface area contributed by atoms with E-state index in [1.54, 1.807) is 0 Å². The van der Waals surface area contributed by atoms with E-state index in [1.807, 2.05) is 0 Å². The standard InChI is InChI=1S/C15H24N2.2ClH/c1-3-17(4-2)11-10-16-15-12-14(15)13-8-6-5-7-9-13;;/h5-9,14-16H,3-4,10-12H2,1-2H3;2*1H/t14?,15-;;/m0../s1. The van der Waals surface area contributed by atoms with Gasteiger partial charge >= 0.3 is 0 Å². The summed E-state index contributed by atoms with van der Waals surface area (Å²) >= 11 is 0. The minimum absolute atomic E-state index is 0. The van der Waals surface area contributed by atoms with Gasteiger partial charge < -0.3 is 10.2 Å². The monoisotopic (exact) mass is 304 g/mol. The Bertz CT molecular complexity index is 328. The van der Waals surface area contributed by atoms with E-state index in [-0.39, 0.29) is 24.8 Å². The Morgan fingerprint density at radius 3 is 2.32 bits per heavy atom. The van der Waals surface area contributed by atoms with E-state index in [4.69, 9.17) is 0 Å². The molecule has 1 saturated carbocycles. The van der Waals surface area contributed by atoms with Crippen LogP contribution in [0.25, 0.3) is 0 Å². The highest BCUT2D eigenvalue weighted by Crippen LogP contribution is 2.40. The Morgan fingerprint density at radius 2 is 1.74 bits per heavy atom. The van der Waals surface area contributed by atoms with Crippen molar-refractivity contribution < 1.29 is 0 Å². The molecule has 4 heteroatoms.